The van der Waals surface area contributed by atoms with Crippen molar-refractivity contribution in [2.24, 2.45) is 0 Å². The summed E-state index contributed by atoms with van der Waals surface area (Å²) in [4.78, 5) is 16.5. The molecule has 1 heterocycles. The van der Waals surface area contributed by atoms with Gasteiger partial charge in [0, 0.05) is 17.8 Å². The summed E-state index contributed by atoms with van der Waals surface area (Å²) in [7, 11) is -0.309. The molecule has 0 unspecified atom stereocenters. The molecule has 0 aliphatic carbocycles. The fourth-order valence-electron chi connectivity index (χ4n) is 2.02. The van der Waals surface area contributed by atoms with Crippen LogP contribution in [-0.4, -0.2) is 39.8 Å². The minimum Gasteiger partial charge on any atom is -0.497 e. The second-order valence-corrected chi connectivity index (χ2v) is 6.98. The van der Waals surface area contributed by atoms with Crippen LogP contribution in [0.5, 0.6) is 11.5 Å². The summed E-state index contributed by atoms with van der Waals surface area (Å²) < 4.78 is 35.0. The number of ether oxygens (including phenoxy) is 2. The number of rotatable bonds is 7. The number of nitrogens with one attached hydrogen (secondary N) is 2. The van der Waals surface area contributed by atoms with Gasteiger partial charge in [0.15, 0.2) is 0 Å². The highest BCUT2D eigenvalue weighted by Crippen LogP contribution is 2.29. The zero-order valence-electron chi connectivity index (χ0n) is 14.1. The standard InChI is InChI=1S/C16H19N3O5S/c1-23-13-4-5-14(15(9-13)24-2)19-16(20)11-6-7-17-12(8-11)10-18-25(3,21)22/h4-9,18H,10H2,1-3H3,(H,19,20). The van der Waals surface area contributed by atoms with E-state index in [1.54, 1.807) is 18.2 Å². The average Bonchev–Trinajstić information content (AvgIpc) is 2.60. The first-order valence-corrected chi connectivity index (χ1v) is 9.14. The number of sulfonamides is 1. The largest absolute Gasteiger partial charge is 0.497 e. The molecule has 8 nitrogen and oxygen atoms in total. The number of aromatic nitrogens is 1. The molecule has 2 N–H and O–H groups in total. The number of carbonyl (C=O) groups is 1. The predicted octanol–water partition coefficient (Wildman–Crippen LogP) is 1.40. The van der Waals surface area contributed by atoms with E-state index in [1.807, 2.05) is 0 Å². The van der Waals surface area contributed by atoms with Crippen LogP contribution >= 0.6 is 0 Å². The number of nitrogens with zero attached hydrogens (tertiary/aromatic N) is 1. The summed E-state index contributed by atoms with van der Waals surface area (Å²) in [6, 6.07) is 8.08. The maximum absolute atomic E-state index is 12.4. The Bertz CT molecular complexity index is 868. The summed E-state index contributed by atoms with van der Waals surface area (Å²) in [5.74, 6) is 0.695. The molecule has 134 valence electrons. The van der Waals surface area contributed by atoms with Gasteiger partial charge in [-0.2, -0.15) is 0 Å². The van der Waals surface area contributed by atoms with Gasteiger partial charge in [0.25, 0.3) is 5.91 Å². The summed E-state index contributed by atoms with van der Waals surface area (Å²) in [6.07, 6.45) is 2.50. The minimum absolute atomic E-state index is 0.00576. The maximum Gasteiger partial charge on any atom is 0.255 e. The molecule has 0 atom stereocenters. The van der Waals surface area contributed by atoms with Crippen LogP contribution in [0, 0.1) is 0 Å². The molecule has 1 aromatic carbocycles. The third kappa shape index (κ3) is 5.44. The van der Waals surface area contributed by atoms with Gasteiger partial charge < -0.3 is 14.8 Å². The Morgan fingerprint density at radius 3 is 2.56 bits per heavy atom. The lowest BCUT2D eigenvalue weighted by molar-refractivity contribution is 0.102. The highest BCUT2D eigenvalue weighted by Gasteiger charge is 2.12. The molecule has 0 saturated carbocycles. The van der Waals surface area contributed by atoms with Crippen molar-refractivity contribution in [3.8, 4) is 11.5 Å². The van der Waals surface area contributed by atoms with Gasteiger partial charge in [0.2, 0.25) is 10.0 Å². The van der Waals surface area contributed by atoms with E-state index in [4.69, 9.17) is 9.47 Å². The Labute approximate surface area is 146 Å². The first-order chi connectivity index (χ1) is 11.8. The molecule has 1 aromatic heterocycles. The molecular formula is C16H19N3O5S. The Balaban J connectivity index is 2.16. The molecule has 9 heteroatoms. The van der Waals surface area contributed by atoms with Crippen molar-refractivity contribution >= 4 is 21.6 Å². The van der Waals surface area contributed by atoms with Gasteiger partial charge in [-0.3, -0.25) is 9.78 Å². The number of pyridine rings is 1. The van der Waals surface area contributed by atoms with Crippen LogP contribution in [0.15, 0.2) is 36.5 Å². The Hall–Kier alpha value is -2.65. The summed E-state index contributed by atoms with van der Waals surface area (Å²) >= 11 is 0. The van der Waals surface area contributed by atoms with Gasteiger partial charge >= 0.3 is 0 Å². The average molecular weight is 365 g/mol. The van der Waals surface area contributed by atoms with Crippen molar-refractivity contribution in [3.05, 3.63) is 47.8 Å². The molecular weight excluding hydrogens is 346 g/mol. The second kappa shape index (κ2) is 7.95. The number of anilines is 1. The lowest BCUT2D eigenvalue weighted by atomic mass is 10.2. The minimum atomic E-state index is -3.34. The van der Waals surface area contributed by atoms with Gasteiger partial charge in [-0.15, -0.1) is 0 Å². The molecule has 0 radical (unpaired) electrons. The van der Waals surface area contributed by atoms with E-state index >= 15 is 0 Å². The van der Waals surface area contributed by atoms with E-state index in [9.17, 15) is 13.2 Å². The van der Waals surface area contributed by atoms with Crippen molar-refractivity contribution in [1.82, 2.24) is 9.71 Å². The lowest BCUT2D eigenvalue weighted by Crippen LogP contribution is -2.22. The fourth-order valence-corrected chi connectivity index (χ4v) is 2.43. The highest BCUT2D eigenvalue weighted by molar-refractivity contribution is 7.88. The van der Waals surface area contributed by atoms with Crippen molar-refractivity contribution in [2.45, 2.75) is 6.54 Å². The smallest absolute Gasteiger partial charge is 0.255 e. The molecule has 0 fully saturated rings. The first kappa shape index (κ1) is 18.7. The topological polar surface area (TPSA) is 107 Å². The van der Waals surface area contributed by atoms with Crippen LogP contribution in [0.1, 0.15) is 16.1 Å². The van der Waals surface area contributed by atoms with E-state index in [1.165, 1.54) is 32.5 Å². The van der Waals surface area contributed by atoms with E-state index in [0.717, 1.165) is 6.26 Å². The number of hydrogen-bond acceptors (Lipinski definition) is 6. The number of benzene rings is 1. The molecule has 0 saturated heterocycles. The van der Waals surface area contributed by atoms with Crippen molar-refractivity contribution in [3.63, 3.8) is 0 Å². The molecule has 0 aliphatic rings. The fraction of sp³-hybridized carbons (Fsp3) is 0.250. The second-order valence-electron chi connectivity index (χ2n) is 5.15. The molecule has 0 spiro atoms. The molecule has 2 aromatic rings. The van der Waals surface area contributed by atoms with Crippen LogP contribution in [-0.2, 0) is 16.6 Å². The third-order valence-corrected chi connectivity index (χ3v) is 3.92. The summed E-state index contributed by atoms with van der Waals surface area (Å²) in [6.45, 7) is 0.00576. The SMILES string of the molecule is COc1ccc(NC(=O)c2ccnc(CNS(C)(=O)=O)c2)c(OC)c1. The highest BCUT2D eigenvalue weighted by atomic mass is 32.2. The van der Waals surface area contributed by atoms with Crippen molar-refractivity contribution < 1.29 is 22.7 Å². The van der Waals surface area contributed by atoms with Crippen molar-refractivity contribution in [1.29, 1.82) is 0 Å². The predicted molar refractivity (Wildman–Crippen MR) is 93.4 cm³/mol. The molecule has 2 rings (SSSR count). The monoisotopic (exact) mass is 365 g/mol. The number of hydrogen-bond donors (Lipinski definition) is 2. The van der Waals surface area contributed by atoms with Crippen LogP contribution in [0.4, 0.5) is 5.69 Å². The van der Waals surface area contributed by atoms with Gasteiger partial charge in [-0.05, 0) is 24.3 Å². The normalized spacial score (nSPS) is 11.0. The molecule has 25 heavy (non-hydrogen) atoms. The van der Waals surface area contributed by atoms with E-state index in [-0.39, 0.29) is 12.5 Å². The molecule has 0 aliphatic heterocycles. The Kier molecular flexibility index (Phi) is 5.94. The quantitative estimate of drug-likeness (QED) is 0.768. The van der Waals surface area contributed by atoms with Gasteiger partial charge in [-0.1, -0.05) is 0 Å². The van der Waals surface area contributed by atoms with Crippen LogP contribution in [0.25, 0.3) is 0 Å². The van der Waals surface area contributed by atoms with Crippen LogP contribution in [0.3, 0.4) is 0 Å². The number of carbonyl (C=O) groups excluding carboxylic acids is 1. The number of amides is 1. The Morgan fingerprint density at radius 1 is 1.16 bits per heavy atom. The van der Waals surface area contributed by atoms with E-state index in [0.29, 0.717) is 28.4 Å². The summed E-state index contributed by atoms with van der Waals surface area (Å²) in [5, 5.41) is 2.74. The zero-order valence-corrected chi connectivity index (χ0v) is 14.9. The van der Waals surface area contributed by atoms with E-state index in [2.05, 4.69) is 15.0 Å². The van der Waals surface area contributed by atoms with Crippen LogP contribution < -0.4 is 19.5 Å². The summed E-state index contributed by atoms with van der Waals surface area (Å²) in [5.41, 5.74) is 1.26. The molecule has 1 amide bonds. The number of methoxy groups -OCH3 is 2. The van der Waals surface area contributed by atoms with Gasteiger partial charge in [0.1, 0.15) is 11.5 Å². The van der Waals surface area contributed by atoms with E-state index < -0.39 is 10.0 Å². The third-order valence-electron chi connectivity index (χ3n) is 3.25. The first-order valence-electron chi connectivity index (χ1n) is 7.25. The lowest BCUT2D eigenvalue weighted by Gasteiger charge is -2.12. The zero-order chi connectivity index (χ0) is 18.4. The molecule has 0 bridgehead atoms. The van der Waals surface area contributed by atoms with Crippen LogP contribution in [0.2, 0.25) is 0 Å². The van der Waals surface area contributed by atoms with Crippen molar-refractivity contribution in [2.75, 3.05) is 25.8 Å². The maximum atomic E-state index is 12.4. The van der Waals surface area contributed by atoms with Gasteiger partial charge in [0.05, 0.1) is 38.4 Å². The van der Waals surface area contributed by atoms with Gasteiger partial charge in [-0.25, -0.2) is 13.1 Å². The Morgan fingerprint density at radius 2 is 1.92 bits per heavy atom.